The summed E-state index contributed by atoms with van der Waals surface area (Å²) in [5.74, 6) is 6.86. The van der Waals surface area contributed by atoms with Crippen LogP contribution < -0.4 is 5.56 Å². The maximum atomic E-state index is 11.8. The molecule has 2 rings (SSSR count). The highest BCUT2D eigenvalue weighted by atomic mass is 32.2. The van der Waals surface area contributed by atoms with Gasteiger partial charge < -0.3 is 4.98 Å². The maximum Gasteiger partial charge on any atom is 0.258 e. The molecule has 1 N–H and O–H groups in total. The van der Waals surface area contributed by atoms with E-state index >= 15 is 0 Å². The summed E-state index contributed by atoms with van der Waals surface area (Å²) in [4.78, 5) is 29.4. The molecule has 0 aliphatic carbocycles. The van der Waals surface area contributed by atoms with E-state index in [1.165, 1.54) is 18.7 Å². The maximum absolute atomic E-state index is 11.8. The van der Waals surface area contributed by atoms with Gasteiger partial charge in [-0.05, 0) is 25.1 Å². The Bertz CT molecular complexity index is 753. The van der Waals surface area contributed by atoms with Gasteiger partial charge in [0.15, 0.2) is 5.12 Å². The number of aromatic amines is 1. The van der Waals surface area contributed by atoms with Crippen molar-refractivity contribution in [3.05, 3.63) is 39.9 Å². The third-order valence-corrected chi connectivity index (χ3v) is 3.10. The summed E-state index contributed by atoms with van der Waals surface area (Å²) >= 11 is 1.17. The molecule has 96 valence electrons. The number of nitrogens with one attached hydrogen (secondary N) is 1. The Morgan fingerprint density at radius 1 is 1.47 bits per heavy atom. The normalized spacial score (nSPS) is 10.0. The minimum absolute atomic E-state index is 0.0453. The fourth-order valence-electron chi connectivity index (χ4n) is 1.61. The van der Waals surface area contributed by atoms with Crippen molar-refractivity contribution in [3.63, 3.8) is 0 Å². The van der Waals surface area contributed by atoms with E-state index in [4.69, 9.17) is 0 Å². The van der Waals surface area contributed by atoms with Gasteiger partial charge in [0.25, 0.3) is 5.56 Å². The van der Waals surface area contributed by atoms with Crippen LogP contribution in [0.1, 0.15) is 18.3 Å². The Balaban J connectivity index is 2.32. The number of nitrogens with zero attached hydrogens (tertiary/aromatic N) is 1. The molecular weight excluding hydrogens is 260 g/mol. The lowest BCUT2D eigenvalue weighted by atomic mass is 10.1. The minimum Gasteiger partial charge on any atom is -0.310 e. The van der Waals surface area contributed by atoms with Crippen LogP contribution in [0.5, 0.6) is 0 Å². The monoisotopic (exact) mass is 272 g/mol. The number of carbonyl (C=O) groups excluding carboxylic acids is 1. The van der Waals surface area contributed by atoms with Crippen molar-refractivity contribution >= 4 is 27.8 Å². The smallest absolute Gasteiger partial charge is 0.258 e. The Morgan fingerprint density at radius 2 is 2.26 bits per heavy atom. The van der Waals surface area contributed by atoms with Crippen LogP contribution in [-0.4, -0.2) is 20.8 Å². The molecule has 0 bridgehead atoms. The molecule has 2 aromatic rings. The number of carbonyl (C=O) groups is 1. The van der Waals surface area contributed by atoms with Crippen LogP contribution in [0.15, 0.2) is 23.0 Å². The van der Waals surface area contributed by atoms with Crippen molar-refractivity contribution in [2.45, 2.75) is 13.8 Å². The number of hydrogen-bond donors (Lipinski definition) is 1. The predicted molar refractivity (Wildman–Crippen MR) is 77.1 cm³/mol. The SMILES string of the molecule is CC(=O)SCC#Cc1ccc2nc(C)[nH]c(=O)c2c1. The summed E-state index contributed by atoms with van der Waals surface area (Å²) in [7, 11) is 0. The number of benzene rings is 1. The lowest BCUT2D eigenvalue weighted by molar-refractivity contribution is -0.109. The van der Waals surface area contributed by atoms with Crippen LogP contribution in [0.4, 0.5) is 0 Å². The van der Waals surface area contributed by atoms with Gasteiger partial charge in [-0.1, -0.05) is 23.6 Å². The third kappa shape index (κ3) is 3.46. The van der Waals surface area contributed by atoms with Crippen LogP contribution in [0.25, 0.3) is 10.9 Å². The number of aryl methyl sites for hydroxylation is 1. The molecule has 1 aromatic heterocycles. The Kier molecular flexibility index (Phi) is 4.03. The molecule has 5 heteroatoms. The van der Waals surface area contributed by atoms with Gasteiger partial charge in [0, 0.05) is 12.5 Å². The van der Waals surface area contributed by atoms with Crippen LogP contribution in [0.3, 0.4) is 0 Å². The average molecular weight is 272 g/mol. The second kappa shape index (κ2) is 5.72. The second-order valence-corrected chi connectivity index (χ2v) is 5.12. The van der Waals surface area contributed by atoms with E-state index in [9.17, 15) is 9.59 Å². The largest absolute Gasteiger partial charge is 0.310 e. The van der Waals surface area contributed by atoms with E-state index in [1.54, 1.807) is 19.1 Å². The van der Waals surface area contributed by atoms with E-state index in [-0.39, 0.29) is 10.7 Å². The summed E-state index contributed by atoms with van der Waals surface area (Å²) < 4.78 is 0. The molecular formula is C14H12N2O2S. The molecule has 0 aliphatic rings. The van der Waals surface area contributed by atoms with Crippen molar-refractivity contribution in [3.8, 4) is 11.8 Å². The number of H-pyrrole nitrogens is 1. The number of hydrogen-bond acceptors (Lipinski definition) is 4. The number of rotatable bonds is 1. The molecule has 0 fully saturated rings. The van der Waals surface area contributed by atoms with Crippen LogP contribution in [-0.2, 0) is 4.79 Å². The third-order valence-electron chi connectivity index (χ3n) is 2.40. The van der Waals surface area contributed by atoms with Gasteiger partial charge in [0.2, 0.25) is 0 Å². The van der Waals surface area contributed by atoms with Gasteiger partial charge in [-0.3, -0.25) is 9.59 Å². The van der Waals surface area contributed by atoms with Gasteiger partial charge in [-0.2, -0.15) is 0 Å². The quantitative estimate of drug-likeness (QED) is 0.805. The fourth-order valence-corrected chi connectivity index (χ4v) is 1.96. The molecule has 0 atom stereocenters. The van der Waals surface area contributed by atoms with Crippen LogP contribution in [0.2, 0.25) is 0 Å². The zero-order chi connectivity index (χ0) is 13.8. The van der Waals surface area contributed by atoms with Gasteiger partial charge >= 0.3 is 0 Å². The molecule has 0 aliphatic heterocycles. The average Bonchev–Trinajstić information content (AvgIpc) is 2.35. The van der Waals surface area contributed by atoms with Crippen LogP contribution in [0, 0.1) is 18.8 Å². The Labute approximate surface area is 114 Å². The van der Waals surface area contributed by atoms with Crippen molar-refractivity contribution in [1.82, 2.24) is 9.97 Å². The van der Waals surface area contributed by atoms with Gasteiger partial charge in [-0.15, -0.1) is 0 Å². The topological polar surface area (TPSA) is 62.8 Å². The van der Waals surface area contributed by atoms with E-state index < -0.39 is 0 Å². The lowest BCUT2D eigenvalue weighted by Crippen LogP contribution is -2.09. The molecule has 0 unspecified atom stereocenters. The van der Waals surface area contributed by atoms with Crippen molar-refractivity contribution in [2.75, 3.05) is 5.75 Å². The van der Waals surface area contributed by atoms with E-state index in [1.807, 2.05) is 6.07 Å². The highest BCUT2D eigenvalue weighted by Gasteiger charge is 2.01. The molecule has 1 heterocycles. The standard InChI is InChI=1S/C14H12N2O2S/c1-9-15-13-6-5-11(4-3-7-19-10(2)17)8-12(13)14(18)16-9/h5-6,8H,7H2,1-2H3,(H,15,16,18). The Morgan fingerprint density at radius 3 is 3.00 bits per heavy atom. The van der Waals surface area contributed by atoms with Gasteiger partial charge in [-0.25, -0.2) is 4.98 Å². The summed E-state index contributed by atoms with van der Waals surface area (Å²) in [6.07, 6.45) is 0. The number of fused-ring (bicyclic) bond motifs is 1. The van der Waals surface area contributed by atoms with Crippen molar-refractivity contribution in [1.29, 1.82) is 0 Å². The first-order valence-corrected chi connectivity index (χ1v) is 6.68. The highest BCUT2D eigenvalue weighted by Crippen LogP contribution is 2.09. The van der Waals surface area contributed by atoms with Crippen molar-refractivity contribution < 1.29 is 4.79 Å². The first kappa shape index (κ1) is 13.4. The molecule has 0 saturated heterocycles. The molecule has 0 spiro atoms. The molecule has 0 saturated carbocycles. The first-order chi connectivity index (χ1) is 9.06. The minimum atomic E-state index is -0.163. The van der Waals surface area contributed by atoms with Gasteiger partial charge in [0.05, 0.1) is 16.7 Å². The van der Waals surface area contributed by atoms with E-state index in [0.29, 0.717) is 22.5 Å². The fraction of sp³-hybridized carbons (Fsp3) is 0.214. The van der Waals surface area contributed by atoms with E-state index in [2.05, 4.69) is 21.8 Å². The zero-order valence-electron chi connectivity index (χ0n) is 10.6. The second-order valence-electron chi connectivity index (χ2n) is 3.97. The molecule has 0 amide bonds. The summed E-state index contributed by atoms with van der Waals surface area (Å²) in [5, 5.41) is 0.570. The molecule has 1 aromatic carbocycles. The number of aromatic nitrogens is 2. The molecule has 4 nitrogen and oxygen atoms in total. The zero-order valence-corrected chi connectivity index (χ0v) is 11.4. The number of thioether (sulfide) groups is 1. The summed E-state index contributed by atoms with van der Waals surface area (Å²) in [6, 6.07) is 5.31. The first-order valence-electron chi connectivity index (χ1n) is 5.69. The van der Waals surface area contributed by atoms with Crippen molar-refractivity contribution in [2.24, 2.45) is 0 Å². The lowest BCUT2D eigenvalue weighted by Gasteiger charge is -1.98. The predicted octanol–water partition coefficient (Wildman–Crippen LogP) is 1.86. The van der Waals surface area contributed by atoms with Gasteiger partial charge in [0.1, 0.15) is 5.82 Å². The van der Waals surface area contributed by atoms with Crippen LogP contribution >= 0.6 is 11.8 Å². The molecule has 0 radical (unpaired) electrons. The highest BCUT2D eigenvalue weighted by molar-refractivity contribution is 8.13. The molecule has 19 heavy (non-hydrogen) atoms. The summed E-state index contributed by atoms with van der Waals surface area (Å²) in [5.41, 5.74) is 1.24. The van der Waals surface area contributed by atoms with E-state index in [0.717, 1.165) is 5.56 Å². The summed E-state index contributed by atoms with van der Waals surface area (Å²) in [6.45, 7) is 3.25. The Hall–Kier alpha value is -2.06.